The molecule has 96 heavy (non-hydrogen) atoms. The van der Waals surface area contributed by atoms with Crippen LogP contribution in [0.25, 0.3) is 138 Å². The molecule has 0 fully saturated rings. The molecule has 7 heteroatoms. The van der Waals surface area contributed by atoms with Crippen molar-refractivity contribution in [3.8, 4) is 57.0 Å². The number of aromatic nitrogens is 5. The number of para-hydroxylation sites is 1. The van der Waals surface area contributed by atoms with Gasteiger partial charge in [0, 0.05) is 48.8 Å². The minimum Gasteiger partial charge on any atom is -0.454 e. The Morgan fingerprint density at radius 3 is 0.938 bits per heavy atom. The van der Waals surface area contributed by atoms with E-state index in [-0.39, 0.29) is 32.5 Å². The van der Waals surface area contributed by atoms with Crippen molar-refractivity contribution in [3.05, 3.63) is 233 Å². The van der Waals surface area contributed by atoms with E-state index in [2.05, 4.69) is 326 Å². The van der Waals surface area contributed by atoms with Gasteiger partial charge in [-0.25, -0.2) is 9.97 Å². The summed E-state index contributed by atoms with van der Waals surface area (Å²) in [6.07, 6.45) is 0. The summed E-state index contributed by atoms with van der Waals surface area (Å²) >= 11 is 0. The highest BCUT2D eigenvalue weighted by Gasteiger charge is 2.36. The van der Waals surface area contributed by atoms with Crippen molar-refractivity contribution in [3.63, 3.8) is 0 Å². The van der Waals surface area contributed by atoms with E-state index < -0.39 is 0 Å². The fourth-order valence-electron chi connectivity index (χ4n) is 14.6. The summed E-state index contributed by atoms with van der Waals surface area (Å²) in [6.45, 7) is 41.4. The molecule has 0 bridgehead atoms. The lowest BCUT2D eigenvalue weighted by Gasteiger charge is -2.25. The SMILES string of the molecule is CC(C)(C)c1ccc2c(c1)c1cc(C(C)(C)C)ccc1n2-c1c(-n2c3ccc(C(C)(C)C)cc3c3cc(C(C)(C)C)ccc32)c(-n2c3ccc(C(C)(C)C)cc3c3cc(C(C)(C)C)ccc32)c2c(oc3c(-c4nc(-c5ccccc5)cc(-c5ccccc5)n4)cccc32)c1C#N. The van der Waals surface area contributed by atoms with Gasteiger partial charge in [0.2, 0.25) is 0 Å². The van der Waals surface area contributed by atoms with Gasteiger partial charge in [-0.3, -0.25) is 0 Å². The third-order valence-electron chi connectivity index (χ3n) is 20.2. The quantitative estimate of drug-likeness (QED) is 0.166. The van der Waals surface area contributed by atoms with Crippen LogP contribution < -0.4 is 0 Å². The Labute approximate surface area is 564 Å². The molecular weight excluding hydrogens is 1170 g/mol. The van der Waals surface area contributed by atoms with E-state index >= 15 is 0 Å². The Hall–Kier alpha value is -10.0. The highest BCUT2D eigenvalue weighted by molar-refractivity contribution is 6.22. The maximum absolute atomic E-state index is 12.9. The maximum Gasteiger partial charge on any atom is 0.164 e. The minimum atomic E-state index is -0.158. The van der Waals surface area contributed by atoms with E-state index in [0.717, 1.165) is 110 Å². The molecule has 5 aromatic heterocycles. The van der Waals surface area contributed by atoms with Crippen molar-refractivity contribution in [1.82, 2.24) is 23.7 Å². The summed E-state index contributed by atoms with van der Waals surface area (Å²) < 4.78 is 15.3. The largest absolute Gasteiger partial charge is 0.454 e. The van der Waals surface area contributed by atoms with Gasteiger partial charge in [-0.2, -0.15) is 5.26 Å². The second-order valence-corrected chi connectivity index (χ2v) is 33.1. The molecule has 15 rings (SSSR count). The molecule has 478 valence electrons. The monoisotopic (exact) mass is 1250 g/mol. The number of fused-ring (bicyclic) bond motifs is 12. The van der Waals surface area contributed by atoms with Crippen LogP contribution in [0.5, 0.6) is 0 Å². The number of nitriles is 1. The first-order valence-corrected chi connectivity index (χ1v) is 34.1. The molecule has 0 atom stereocenters. The summed E-state index contributed by atoms with van der Waals surface area (Å²) in [4.78, 5) is 10.9. The normalized spacial score (nSPS) is 13.1. The van der Waals surface area contributed by atoms with Gasteiger partial charge in [-0.05, 0) is 151 Å². The van der Waals surface area contributed by atoms with Crippen LogP contribution in [0.1, 0.15) is 164 Å². The number of hydrogen-bond donors (Lipinski definition) is 0. The van der Waals surface area contributed by atoms with Crippen LogP contribution in [0.3, 0.4) is 0 Å². The molecular formula is C89H86N6O. The van der Waals surface area contributed by atoms with E-state index in [1.165, 1.54) is 33.4 Å². The van der Waals surface area contributed by atoms with Crippen LogP contribution >= 0.6 is 0 Å². The topological polar surface area (TPSA) is 77.5 Å². The van der Waals surface area contributed by atoms with Gasteiger partial charge in [0.05, 0.1) is 72.5 Å². The smallest absolute Gasteiger partial charge is 0.164 e. The number of nitrogens with zero attached hydrogens (tertiary/aromatic N) is 6. The van der Waals surface area contributed by atoms with E-state index in [1.54, 1.807) is 0 Å². The van der Waals surface area contributed by atoms with Crippen molar-refractivity contribution < 1.29 is 4.42 Å². The molecule has 0 amide bonds. The van der Waals surface area contributed by atoms with Crippen LogP contribution in [0.2, 0.25) is 0 Å². The molecule has 0 aliphatic carbocycles. The lowest BCUT2D eigenvalue weighted by molar-refractivity contribution is 0.590. The summed E-state index contributed by atoms with van der Waals surface area (Å²) in [7, 11) is 0. The number of furan rings is 1. The average molecular weight is 1260 g/mol. The first-order valence-electron chi connectivity index (χ1n) is 34.1. The van der Waals surface area contributed by atoms with Crippen LogP contribution in [-0.2, 0) is 32.5 Å². The van der Waals surface area contributed by atoms with E-state index in [4.69, 9.17) is 14.4 Å². The van der Waals surface area contributed by atoms with Crippen molar-refractivity contribution in [2.75, 3.05) is 0 Å². The predicted octanol–water partition coefficient (Wildman–Crippen LogP) is 24.3. The fraction of sp³-hybridized carbons (Fsp3) is 0.270. The number of rotatable bonds is 6. The summed E-state index contributed by atoms with van der Waals surface area (Å²) in [5.41, 5.74) is 20.7. The second kappa shape index (κ2) is 21.5. The molecule has 0 spiro atoms. The van der Waals surface area contributed by atoms with Gasteiger partial charge < -0.3 is 18.1 Å². The van der Waals surface area contributed by atoms with Crippen LogP contribution in [0.15, 0.2) is 199 Å². The minimum absolute atomic E-state index is 0.154. The standard InChI is InChI=1S/C89H86N6O/c1-84(2,3)54-32-38-71-62(44-54)63-45-55(85(4,5)6)33-39-72(63)93(71)78-68(51-90)82-77(60-30-25-31-61(81(60)96-82)83-91-69(52-26-21-19-22-27-52)50-70(92-83)53-28-23-20-24-29-53)79(94-73-40-34-56(86(7,8)9)46-64(73)65-47-57(87(10,11)12)35-41-74(65)94)80(78)95-75-42-36-58(88(13,14)15)48-66(75)67-49-59(89(16,17)18)37-43-76(67)95/h19-50H,1-18H3. The first kappa shape index (κ1) is 62.1. The lowest BCUT2D eigenvalue weighted by atomic mass is 9.85. The van der Waals surface area contributed by atoms with Crippen molar-refractivity contribution in [2.24, 2.45) is 0 Å². The summed E-state index contributed by atoms with van der Waals surface area (Å²) in [5, 5.41) is 21.4. The molecule has 0 saturated carbocycles. The van der Waals surface area contributed by atoms with E-state index in [0.29, 0.717) is 33.8 Å². The first-order chi connectivity index (χ1) is 45.4. The Morgan fingerprint density at radius 1 is 0.312 bits per heavy atom. The lowest BCUT2D eigenvalue weighted by Crippen LogP contribution is -2.14. The third kappa shape index (κ3) is 10.0. The Bertz CT molecular complexity index is 5480. The van der Waals surface area contributed by atoms with Gasteiger partial charge in [0.1, 0.15) is 17.2 Å². The predicted molar refractivity (Wildman–Crippen MR) is 406 cm³/mol. The summed E-state index contributed by atoms with van der Waals surface area (Å²) in [6, 6.07) is 74.6. The zero-order chi connectivity index (χ0) is 67.7. The van der Waals surface area contributed by atoms with E-state index in [1.807, 2.05) is 12.1 Å². The summed E-state index contributed by atoms with van der Waals surface area (Å²) in [5.74, 6) is 0.514. The van der Waals surface area contributed by atoms with Crippen molar-refractivity contribution in [1.29, 1.82) is 5.26 Å². The van der Waals surface area contributed by atoms with Crippen molar-refractivity contribution >= 4 is 87.4 Å². The zero-order valence-electron chi connectivity index (χ0n) is 59.1. The third-order valence-corrected chi connectivity index (χ3v) is 20.2. The maximum atomic E-state index is 12.9. The van der Waals surface area contributed by atoms with Gasteiger partial charge in [0.25, 0.3) is 0 Å². The molecule has 0 saturated heterocycles. The molecule has 5 heterocycles. The molecule has 15 aromatic rings. The zero-order valence-corrected chi connectivity index (χ0v) is 59.1. The van der Waals surface area contributed by atoms with Crippen LogP contribution in [-0.4, -0.2) is 23.7 Å². The van der Waals surface area contributed by atoms with E-state index in [9.17, 15) is 5.26 Å². The highest BCUT2D eigenvalue weighted by atomic mass is 16.3. The Kier molecular flexibility index (Phi) is 13.9. The molecule has 0 N–H and O–H groups in total. The average Bonchev–Trinajstić information content (AvgIpc) is 1.49. The number of benzene rings is 10. The van der Waals surface area contributed by atoms with Crippen molar-refractivity contribution in [2.45, 2.75) is 157 Å². The highest BCUT2D eigenvalue weighted by Crippen LogP contribution is 2.53. The molecule has 7 nitrogen and oxygen atoms in total. The van der Waals surface area contributed by atoms with Crippen LogP contribution in [0.4, 0.5) is 0 Å². The molecule has 0 radical (unpaired) electrons. The Morgan fingerprint density at radius 2 is 0.625 bits per heavy atom. The van der Waals surface area contributed by atoms with Gasteiger partial charge in [-0.1, -0.05) is 234 Å². The van der Waals surface area contributed by atoms with Gasteiger partial charge >= 0.3 is 0 Å². The molecule has 0 aliphatic heterocycles. The van der Waals surface area contributed by atoms with Crippen LogP contribution in [0, 0.1) is 11.3 Å². The Balaban J connectivity index is 1.24. The second-order valence-electron chi connectivity index (χ2n) is 33.1. The van der Waals surface area contributed by atoms with Gasteiger partial charge in [-0.15, -0.1) is 0 Å². The fourth-order valence-corrected chi connectivity index (χ4v) is 14.6. The van der Waals surface area contributed by atoms with Gasteiger partial charge in [0.15, 0.2) is 11.4 Å². The molecule has 10 aromatic carbocycles. The molecule has 0 unspecified atom stereocenters. The number of hydrogen-bond acceptors (Lipinski definition) is 4. The molecule has 0 aliphatic rings.